The number of pyridine rings is 2. The van der Waals surface area contributed by atoms with Gasteiger partial charge in [0.15, 0.2) is 6.29 Å². The number of likely N-dealkylation sites (N-methyl/N-ethyl adjacent to an activating group) is 1. The highest BCUT2D eigenvalue weighted by Gasteiger charge is 2.29. The van der Waals surface area contributed by atoms with E-state index in [2.05, 4.69) is 53.0 Å². The number of anilines is 1. The molecule has 4 heterocycles. The number of nitrogens with zero attached hydrogens (tertiary/aromatic N) is 6. The first-order chi connectivity index (χ1) is 15.6. The molecule has 0 unspecified atom stereocenters. The number of imidazole rings is 1. The summed E-state index contributed by atoms with van der Waals surface area (Å²) < 4.78 is 2.04. The average molecular weight is 433 g/mol. The van der Waals surface area contributed by atoms with Crippen LogP contribution in [0.1, 0.15) is 52.7 Å². The molecule has 1 saturated heterocycles. The standard InChI is InChI=1S/C25H32N6O/c1-28(2)19-12-14-30(15-19)24-11-5-10-23-27-20(22(17-32)31(23)24)16-29(3)21-9-4-7-18-8-6-13-26-25(18)21/h5-6,8,10-11,13,17,19,21H,4,7,9,12,14-16H2,1-3H3/t19-,21+/m1/s1. The van der Waals surface area contributed by atoms with Gasteiger partial charge in [0.1, 0.15) is 17.2 Å². The van der Waals surface area contributed by atoms with Crippen LogP contribution >= 0.6 is 0 Å². The molecule has 1 aliphatic carbocycles. The summed E-state index contributed by atoms with van der Waals surface area (Å²) in [5.41, 5.74) is 4.84. The predicted molar refractivity (Wildman–Crippen MR) is 126 cm³/mol. The molecule has 0 bridgehead atoms. The number of hydrogen-bond acceptors (Lipinski definition) is 6. The summed E-state index contributed by atoms with van der Waals surface area (Å²) in [5, 5.41) is 0. The number of carbonyl (C=O) groups excluding carboxylic acids is 1. The molecule has 5 rings (SSSR count). The van der Waals surface area contributed by atoms with Gasteiger partial charge >= 0.3 is 0 Å². The lowest BCUT2D eigenvalue weighted by Gasteiger charge is -2.31. The average Bonchev–Trinajstić information content (AvgIpc) is 3.43. The van der Waals surface area contributed by atoms with Gasteiger partial charge in [-0.2, -0.15) is 0 Å². The maximum absolute atomic E-state index is 12.3. The van der Waals surface area contributed by atoms with E-state index in [1.54, 1.807) is 0 Å². The first-order valence-corrected chi connectivity index (χ1v) is 11.6. The van der Waals surface area contributed by atoms with Gasteiger partial charge in [-0.15, -0.1) is 0 Å². The summed E-state index contributed by atoms with van der Waals surface area (Å²) in [6.45, 7) is 2.57. The third kappa shape index (κ3) is 3.69. The normalized spacial score (nSPS) is 21.0. The number of aromatic nitrogens is 3. The van der Waals surface area contributed by atoms with Crippen molar-refractivity contribution >= 4 is 17.8 Å². The SMILES string of the molecule is CN(C)[C@@H]1CCN(c2cccc3nc(CN(C)[C@H]4CCCc5cccnc54)c(C=O)n23)C1. The molecule has 1 fully saturated rings. The maximum atomic E-state index is 12.3. The lowest BCUT2D eigenvalue weighted by atomic mass is 9.91. The van der Waals surface area contributed by atoms with E-state index >= 15 is 0 Å². The van der Waals surface area contributed by atoms with E-state index in [-0.39, 0.29) is 6.04 Å². The van der Waals surface area contributed by atoms with Gasteiger partial charge in [-0.3, -0.25) is 19.1 Å². The first-order valence-electron chi connectivity index (χ1n) is 11.6. The monoisotopic (exact) mass is 432 g/mol. The van der Waals surface area contributed by atoms with Crippen LogP contribution < -0.4 is 4.90 Å². The smallest absolute Gasteiger partial charge is 0.168 e. The highest BCUT2D eigenvalue weighted by Crippen LogP contribution is 2.33. The summed E-state index contributed by atoms with van der Waals surface area (Å²) in [4.78, 5) is 28.8. The Bertz CT molecular complexity index is 1120. The minimum Gasteiger partial charge on any atom is -0.356 e. The Labute approximate surface area is 189 Å². The molecule has 168 valence electrons. The molecule has 2 atom stereocenters. The topological polar surface area (TPSA) is 57.0 Å². The van der Waals surface area contributed by atoms with Crippen molar-refractivity contribution < 1.29 is 4.79 Å². The van der Waals surface area contributed by atoms with Crippen molar-refractivity contribution in [3.05, 3.63) is 59.2 Å². The molecule has 0 spiro atoms. The molecule has 7 nitrogen and oxygen atoms in total. The van der Waals surface area contributed by atoms with Crippen LogP contribution in [0.15, 0.2) is 36.5 Å². The van der Waals surface area contributed by atoms with Crippen LogP contribution in [0.25, 0.3) is 5.65 Å². The zero-order chi connectivity index (χ0) is 22.2. The molecular formula is C25H32N6O. The Morgan fingerprint density at radius 1 is 1.16 bits per heavy atom. The minimum atomic E-state index is 0.253. The van der Waals surface area contributed by atoms with Crippen molar-refractivity contribution in [1.82, 2.24) is 24.2 Å². The maximum Gasteiger partial charge on any atom is 0.168 e. The summed E-state index contributed by atoms with van der Waals surface area (Å²) >= 11 is 0. The second-order valence-corrected chi connectivity index (χ2v) is 9.36. The highest BCUT2D eigenvalue weighted by atomic mass is 16.1. The van der Waals surface area contributed by atoms with Crippen LogP contribution in [-0.4, -0.2) is 70.7 Å². The first kappa shape index (κ1) is 21.1. The van der Waals surface area contributed by atoms with E-state index in [1.807, 2.05) is 28.8 Å². The van der Waals surface area contributed by atoms with Crippen molar-refractivity contribution in [1.29, 1.82) is 0 Å². The zero-order valence-corrected chi connectivity index (χ0v) is 19.2. The summed E-state index contributed by atoms with van der Waals surface area (Å²) in [6, 6.07) is 11.1. The second kappa shape index (κ2) is 8.64. The third-order valence-electron chi connectivity index (χ3n) is 7.16. The van der Waals surface area contributed by atoms with Crippen molar-refractivity contribution in [3.8, 4) is 0 Å². The Morgan fingerprint density at radius 2 is 2.03 bits per heavy atom. The third-order valence-corrected chi connectivity index (χ3v) is 7.16. The Kier molecular flexibility index (Phi) is 5.69. The lowest BCUT2D eigenvalue weighted by Crippen LogP contribution is -2.32. The Morgan fingerprint density at radius 3 is 2.81 bits per heavy atom. The quantitative estimate of drug-likeness (QED) is 0.558. The summed E-state index contributed by atoms with van der Waals surface area (Å²) in [7, 11) is 6.39. The fraction of sp³-hybridized carbons (Fsp3) is 0.480. The van der Waals surface area contributed by atoms with E-state index in [4.69, 9.17) is 4.98 Å². The van der Waals surface area contributed by atoms with E-state index in [1.165, 1.54) is 11.3 Å². The number of aldehydes is 1. The molecular weight excluding hydrogens is 400 g/mol. The van der Waals surface area contributed by atoms with Gasteiger partial charge in [-0.05, 0) is 70.6 Å². The largest absolute Gasteiger partial charge is 0.356 e. The highest BCUT2D eigenvalue weighted by molar-refractivity contribution is 5.78. The van der Waals surface area contributed by atoms with Gasteiger partial charge in [0.25, 0.3) is 0 Å². The molecule has 0 radical (unpaired) electrons. The predicted octanol–water partition coefficient (Wildman–Crippen LogP) is 3.19. The van der Waals surface area contributed by atoms with Gasteiger partial charge in [0.2, 0.25) is 0 Å². The molecule has 2 aliphatic rings. The summed E-state index contributed by atoms with van der Waals surface area (Å²) in [6.07, 6.45) is 7.31. The number of rotatable bonds is 6. The van der Waals surface area contributed by atoms with Crippen LogP contribution in [0.2, 0.25) is 0 Å². The second-order valence-electron chi connectivity index (χ2n) is 9.36. The summed E-state index contributed by atoms with van der Waals surface area (Å²) in [5.74, 6) is 1.06. The van der Waals surface area contributed by atoms with Gasteiger partial charge in [-0.1, -0.05) is 12.1 Å². The molecule has 0 N–H and O–H groups in total. The Hall–Kier alpha value is -2.77. The number of hydrogen-bond donors (Lipinski definition) is 0. The van der Waals surface area contributed by atoms with E-state index < -0.39 is 0 Å². The molecule has 0 aromatic carbocycles. The Balaban J connectivity index is 1.46. The van der Waals surface area contributed by atoms with E-state index in [9.17, 15) is 4.79 Å². The fourth-order valence-electron chi connectivity index (χ4n) is 5.36. The van der Waals surface area contributed by atoms with Crippen LogP contribution in [0.3, 0.4) is 0 Å². The van der Waals surface area contributed by atoms with Crippen LogP contribution in [-0.2, 0) is 13.0 Å². The minimum absolute atomic E-state index is 0.253. The van der Waals surface area contributed by atoms with Gasteiger partial charge in [-0.25, -0.2) is 4.98 Å². The van der Waals surface area contributed by atoms with Gasteiger partial charge in [0, 0.05) is 31.9 Å². The lowest BCUT2D eigenvalue weighted by molar-refractivity contribution is 0.111. The van der Waals surface area contributed by atoms with Gasteiger partial charge in [0.05, 0.1) is 17.4 Å². The van der Waals surface area contributed by atoms with Crippen molar-refractivity contribution in [2.75, 3.05) is 39.1 Å². The molecule has 1 aliphatic heterocycles. The number of aryl methyl sites for hydroxylation is 1. The number of carbonyl (C=O) groups is 1. The van der Waals surface area contributed by atoms with Crippen LogP contribution in [0.5, 0.6) is 0 Å². The van der Waals surface area contributed by atoms with E-state index in [0.29, 0.717) is 18.3 Å². The van der Waals surface area contributed by atoms with Crippen molar-refractivity contribution in [3.63, 3.8) is 0 Å². The molecule has 3 aromatic heterocycles. The van der Waals surface area contributed by atoms with Crippen LogP contribution in [0, 0.1) is 0 Å². The fourth-order valence-corrected chi connectivity index (χ4v) is 5.36. The molecule has 3 aromatic rings. The molecule has 0 saturated carbocycles. The molecule has 7 heteroatoms. The van der Waals surface area contributed by atoms with Gasteiger partial charge < -0.3 is 9.80 Å². The number of fused-ring (bicyclic) bond motifs is 2. The molecule has 32 heavy (non-hydrogen) atoms. The molecule has 0 amide bonds. The zero-order valence-electron chi connectivity index (χ0n) is 19.2. The van der Waals surface area contributed by atoms with E-state index in [0.717, 1.165) is 62.2 Å². The van der Waals surface area contributed by atoms with Crippen molar-refractivity contribution in [2.45, 2.75) is 44.3 Å². The van der Waals surface area contributed by atoms with Crippen LogP contribution in [0.4, 0.5) is 5.82 Å². The van der Waals surface area contributed by atoms with Crippen molar-refractivity contribution in [2.24, 2.45) is 0 Å².